The van der Waals surface area contributed by atoms with Gasteiger partial charge in [-0.05, 0) is 25.1 Å². The molecule has 0 amide bonds. The van der Waals surface area contributed by atoms with Crippen molar-refractivity contribution in [3.8, 4) is 11.5 Å². The number of hydrogen-bond acceptors (Lipinski definition) is 6. The Bertz CT molecular complexity index is 528. The molecule has 1 aromatic heterocycles. The fraction of sp³-hybridized carbons (Fsp3) is 0.286. The number of ether oxygens (including phenoxy) is 1. The van der Waals surface area contributed by atoms with Crippen LogP contribution in [-0.2, 0) is 6.54 Å². The van der Waals surface area contributed by atoms with Crippen LogP contribution in [0.2, 0.25) is 0 Å². The number of phenolic OH excluding ortho intramolecular Hbond substituents is 1. The number of benzene rings is 1. The van der Waals surface area contributed by atoms with Gasteiger partial charge in [-0.2, -0.15) is 0 Å². The maximum Gasteiger partial charge on any atom is 0.176 e. The van der Waals surface area contributed by atoms with Crippen LogP contribution in [0.3, 0.4) is 0 Å². The SMILES string of the molecule is CCOc1cccc(CNNC(O)c2ccco2)c1O. The van der Waals surface area contributed by atoms with Crippen LogP contribution in [0.5, 0.6) is 11.5 Å². The molecule has 0 saturated carbocycles. The Labute approximate surface area is 117 Å². The molecule has 0 aliphatic carbocycles. The van der Waals surface area contributed by atoms with Crippen molar-refractivity contribution in [2.75, 3.05) is 6.61 Å². The number of hydrogen-bond donors (Lipinski definition) is 4. The molecule has 1 heterocycles. The first kappa shape index (κ1) is 14.4. The van der Waals surface area contributed by atoms with Crippen molar-refractivity contribution < 1.29 is 19.4 Å². The topological polar surface area (TPSA) is 86.9 Å². The molecule has 1 unspecified atom stereocenters. The van der Waals surface area contributed by atoms with Crippen LogP contribution in [0.1, 0.15) is 24.5 Å². The first-order chi connectivity index (χ1) is 9.72. The van der Waals surface area contributed by atoms with E-state index in [9.17, 15) is 10.2 Å². The quantitative estimate of drug-likeness (QED) is 0.455. The second kappa shape index (κ2) is 6.95. The predicted octanol–water partition coefficient (Wildman–Crippen LogP) is 1.67. The van der Waals surface area contributed by atoms with Gasteiger partial charge in [0.2, 0.25) is 0 Å². The number of aromatic hydroxyl groups is 1. The minimum absolute atomic E-state index is 0.0936. The molecule has 2 rings (SSSR count). The number of hydrazine groups is 1. The van der Waals surface area contributed by atoms with Crippen LogP contribution in [0.15, 0.2) is 41.0 Å². The lowest BCUT2D eigenvalue weighted by atomic mass is 10.2. The molecular formula is C14H18N2O4. The van der Waals surface area contributed by atoms with Gasteiger partial charge < -0.3 is 19.4 Å². The summed E-state index contributed by atoms with van der Waals surface area (Å²) in [7, 11) is 0. The van der Waals surface area contributed by atoms with Crippen LogP contribution in [0.4, 0.5) is 0 Å². The highest BCUT2D eigenvalue weighted by molar-refractivity contribution is 5.45. The number of nitrogens with one attached hydrogen (secondary N) is 2. The normalized spacial score (nSPS) is 12.3. The van der Waals surface area contributed by atoms with E-state index in [0.717, 1.165) is 0 Å². The third-order valence-corrected chi connectivity index (χ3v) is 2.71. The number of aliphatic hydroxyl groups is 1. The molecule has 6 heteroatoms. The summed E-state index contributed by atoms with van der Waals surface area (Å²) in [5.74, 6) is 0.944. The third kappa shape index (κ3) is 3.51. The molecule has 1 aromatic carbocycles. The molecular weight excluding hydrogens is 260 g/mol. The van der Waals surface area contributed by atoms with Gasteiger partial charge in [0, 0.05) is 12.1 Å². The molecule has 6 nitrogen and oxygen atoms in total. The van der Waals surface area contributed by atoms with Gasteiger partial charge in [-0.15, -0.1) is 0 Å². The second-order valence-corrected chi connectivity index (χ2v) is 4.11. The van der Waals surface area contributed by atoms with E-state index in [1.54, 1.807) is 30.3 Å². The molecule has 0 aliphatic rings. The van der Waals surface area contributed by atoms with Gasteiger partial charge >= 0.3 is 0 Å². The summed E-state index contributed by atoms with van der Waals surface area (Å²) >= 11 is 0. The second-order valence-electron chi connectivity index (χ2n) is 4.11. The molecule has 0 fully saturated rings. The Morgan fingerprint density at radius 2 is 2.15 bits per heavy atom. The maximum absolute atomic E-state index is 10.00. The van der Waals surface area contributed by atoms with E-state index in [1.807, 2.05) is 6.92 Å². The molecule has 0 spiro atoms. The van der Waals surface area contributed by atoms with E-state index < -0.39 is 6.23 Å². The monoisotopic (exact) mass is 278 g/mol. The first-order valence-corrected chi connectivity index (χ1v) is 6.36. The zero-order valence-electron chi connectivity index (χ0n) is 11.2. The van der Waals surface area contributed by atoms with Crippen molar-refractivity contribution in [2.24, 2.45) is 0 Å². The van der Waals surface area contributed by atoms with Crippen molar-refractivity contribution in [3.05, 3.63) is 47.9 Å². The molecule has 0 aliphatic heterocycles. The fourth-order valence-electron chi connectivity index (χ4n) is 1.74. The summed E-state index contributed by atoms with van der Waals surface area (Å²) in [4.78, 5) is 0. The highest BCUT2D eigenvalue weighted by Gasteiger charge is 2.10. The smallest absolute Gasteiger partial charge is 0.176 e. The van der Waals surface area contributed by atoms with E-state index in [-0.39, 0.29) is 5.75 Å². The molecule has 0 saturated heterocycles. The van der Waals surface area contributed by atoms with Gasteiger partial charge in [0.15, 0.2) is 17.7 Å². The van der Waals surface area contributed by atoms with Crippen LogP contribution in [-0.4, -0.2) is 16.8 Å². The number of aliphatic hydroxyl groups excluding tert-OH is 1. The summed E-state index contributed by atoms with van der Waals surface area (Å²) in [6, 6.07) is 8.62. The lowest BCUT2D eigenvalue weighted by Gasteiger charge is -2.13. The van der Waals surface area contributed by atoms with Gasteiger partial charge in [0.05, 0.1) is 12.9 Å². The number of rotatable bonds is 7. The van der Waals surface area contributed by atoms with Gasteiger partial charge in [-0.3, -0.25) is 5.43 Å². The largest absolute Gasteiger partial charge is 0.504 e. The Hall–Kier alpha value is -2.02. The van der Waals surface area contributed by atoms with Crippen molar-refractivity contribution in [2.45, 2.75) is 19.7 Å². The summed E-state index contributed by atoms with van der Waals surface area (Å²) in [6.45, 7) is 2.66. The lowest BCUT2D eigenvalue weighted by molar-refractivity contribution is 0.0957. The summed E-state index contributed by atoms with van der Waals surface area (Å²) in [5, 5.41) is 19.7. The number of para-hydroxylation sites is 1. The minimum Gasteiger partial charge on any atom is -0.504 e. The van der Waals surface area contributed by atoms with Gasteiger partial charge in [-0.25, -0.2) is 5.43 Å². The zero-order valence-corrected chi connectivity index (χ0v) is 11.2. The predicted molar refractivity (Wildman–Crippen MR) is 72.9 cm³/mol. The lowest BCUT2D eigenvalue weighted by Crippen LogP contribution is -2.34. The molecule has 4 N–H and O–H groups in total. The fourth-order valence-corrected chi connectivity index (χ4v) is 1.74. The third-order valence-electron chi connectivity index (χ3n) is 2.71. The highest BCUT2D eigenvalue weighted by Crippen LogP contribution is 2.29. The average molecular weight is 278 g/mol. The molecule has 1 atom stereocenters. The Morgan fingerprint density at radius 1 is 1.30 bits per heavy atom. The van der Waals surface area contributed by atoms with Gasteiger partial charge in [-0.1, -0.05) is 12.1 Å². The number of phenols is 1. The Balaban J connectivity index is 1.89. The van der Waals surface area contributed by atoms with Crippen LogP contribution in [0, 0.1) is 0 Å². The van der Waals surface area contributed by atoms with Crippen molar-refractivity contribution in [1.29, 1.82) is 0 Å². The first-order valence-electron chi connectivity index (χ1n) is 6.36. The number of furan rings is 1. The van der Waals surface area contributed by atoms with E-state index in [4.69, 9.17) is 9.15 Å². The van der Waals surface area contributed by atoms with Gasteiger partial charge in [0.25, 0.3) is 0 Å². The average Bonchev–Trinajstić information content (AvgIpc) is 2.97. The molecule has 0 radical (unpaired) electrons. The van der Waals surface area contributed by atoms with Gasteiger partial charge in [0.1, 0.15) is 5.76 Å². The standard InChI is InChI=1S/C14H18N2O4/c1-2-19-11-6-3-5-10(13(11)17)9-15-16-14(18)12-7-4-8-20-12/h3-8,14-18H,2,9H2,1H3. The maximum atomic E-state index is 10.00. The minimum atomic E-state index is -0.956. The van der Waals surface area contributed by atoms with E-state index >= 15 is 0 Å². The van der Waals surface area contributed by atoms with Crippen molar-refractivity contribution >= 4 is 0 Å². The molecule has 2 aromatic rings. The summed E-state index contributed by atoms with van der Waals surface area (Å²) < 4.78 is 10.4. The molecule has 0 bridgehead atoms. The summed E-state index contributed by atoms with van der Waals surface area (Å²) in [6.07, 6.45) is 0.527. The van der Waals surface area contributed by atoms with Crippen molar-refractivity contribution in [1.82, 2.24) is 10.9 Å². The molecule has 20 heavy (non-hydrogen) atoms. The Kier molecular flexibility index (Phi) is 5.00. The summed E-state index contributed by atoms with van der Waals surface area (Å²) in [5.41, 5.74) is 6.16. The van der Waals surface area contributed by atoms with Crippen LogP contribution >= 0.6 is 0 Å². The van der Waals surface area contributed by atoms with E-state index in [2.05, 4.69) is 10.9 Å². The zero-order chi connectivity index (χ0) is 14.4. The Morgan fingerprint density at radius 3 is 2.85 bits per heavy atom. The van der Waals surface area contributed by atoms with E-state index in [1.165, 1.54) is 6.26 Å². The molecule has 108 valence electrons. The van der Waals surface area contributed by atoms with Crippen LogP contribution in [0.25, 0.3) is 0 Å². The van der Waals surface area contributed by atoms with E-state index in [0.29, 0.717) is 30.2 Å². The van der Waals surface area contributed by atoms with Crippen LogP contribution < -0.4 is 15.6 Å². The highest BCUT2D eigenvalue weighted by atomic mass is 16.5. The van der Waals surface area contributed by atoms with Crippen molar-refractivity contribution in [3.63, 3.8) is 0 Å².